The molecular weight excluding hydrogens is 439 g/mol. The van der Waals surface area contributed by atoms with Crippen molar-refractivity contribution in [1.82, 2.24) is 19.1 Å². The zero-order valence-electron chi connectivity index (χ0n) is 19.1. The Kier molecular flexibility index (Phi) is 4.45. The summed E-state index contributed by atoms with van der Waals surface area (Å²) in [6.07, 6.45) is 5.81. The molecule has 2 aromatic heterocycles. The van der Waals surface area contributed by atoms with E-state index in [0.29, 0.717) is 28.3 Å². The number of hydrogen-bond donors (Lipinski definition) is 3. The van der Waals surface area contributed by atoms with Crippen LogP contribution in [0.5, 0.6) is 0 Å². The van der Waals surface area contributed by atoms with Gasteiger partial charge in [0.25, 0.3) is 5.91 Å². The lowest BCUT2D eigenvalue weighted by molar-refractivity contribution is -0.127. The zero-order chi connectivity index (χ0) is 23.9. The Balaban J connectivity index is 1.44. The topological polar surface area (TPSA) is 128 Å². The van der Waals surface area contributed by atoms with Gasteiger partial charge in [-0.3, -0.25) is 13.9 Å². The summed E-state index contributed by atoms with van der Waals surface area (Å²) in [7, 11) is 1.72. The predicted molar refractivity (Wildman–Crippen MR) is 123 cm³/mol. The molecule has 4 aliphatic rings. The molecule has 0 aliphatic heterocycles. The molecule has 34 heavy (non-hydrogen) atoms. The number of nitrogens with zero attached hydrogens (tertiary/aromatic N) is 4. The molecule has 4 saturated carbocycles. The first-order valence-electron chi connectivity index (χ1n) is 11.7. The van der Waals surface area contributed by atoms with Gasteiger partial charge < -0.3 is 16.2 Å². The number of nitrogens with two attached hydrogens (primary N) is 1. The van der Waals surface area contributed by atoms with Crippen molar-refractivity contribution in [3.05, 3.63) is 45.8 Å². The number of nitrogens with one attached hydrogen (secondary N) is 1. The number of amides is 1. The van der Waals surface area contributed by atoms with Crippen molar-refractivity contribution >= 4 is 28.7 Å². The molecule has 10 heteroatoms. The summed E-state index contributed by atoms with van der Waals surface area (Å²) >= 11 is 0. The first kappa shape index (κ1) is 21.3. The van der Waals surface area contributed by atoms with Gasteiger partial charge in [0, 0.05) is 12.7 Å². The van der Waals surface area contributed by atoms with Gasteiger partial charge >= 0.3 is 5.69 Å². The molecule has 0 saturated heterocycles. The number of rotatable bonds is 4. The average molecular weight is 467 g/mol. The molecule has 9 nitrogen and oxygen atoms in total. The van der Waals surface area contributed by atoms with Crippen LogP contribution in [-0.2, 0) is 12.6 Å². The van der Waals surface area contributed by atoms with E-state index in [1.807, 2.05) is 4.57 Å². The first-order valence-corrected chi connectivity index (χ1v) is 11.7. The third kappa shape index (κ3) is 2.94. The standard InChI is InChI=1S/C24H27FN6O3/c1-11-3-15(20(26)33)16(25)6-17(11)28-22-27-10-18-21(29-22)31(23(34)30(18)2)24-7-12-4-13(8-24)19(32)14(5-12)9-24/h3,6,10,12-14,19,32H,4-5,7-9H2,1-2H3,(H2,26,33)(H,27,28,29). The van der Waals surface area contributed by atoms with Crippen LogP contribution in [0.1, 0.15) is 48.0 Å². The highest BCUT2D eigenvalue weighted by molar-refractivity contribution is 5.94. The van der Waals surface area contributed by atoms with E-state index in [0.717, 1.165) is 32.1 Å². The van der Waals surface area contributed by atoms with Gasteiger partial charge in [0.15, 0.2) is 5.65 Å². The van der Waals surface area contributed by atoms with Crippen LogP contribution in [0, 0.1) is 30.5 Å². The van der Waals surface area contributed by atoms with Crippen LogP contribution in [-0.4, -0.2) is 36.2 Å². The Labute approximate surface area is 194 Å². The Morgan fingerprint density at radius 3 is 2.65 bits per heavy atom. The van der Waals surface area contributed by atoms with E-state index in [-0.39, 0.29) is 40.7 Å². The number of primary amides is 1. The number of anilines is 2. The molecule has 0 spiro atoms. The van der Waals surface area contributed by atoms with Crippen molar-refractivity contribution in [2.45, 2.75) is 50.7 Å². The Bertz CT molecular complexity index is 1400. The second-order valence-electron chi connectivity index (χ2n) is 10.4. The van der Waals surface area contributed by atoms with Gasteiger partial charge in [-0.05, 0) is 74.5 Å². The van der Waals surface area contributed by atoms with Crippen LogP contribution < -0.4 is 16.7 Å². The minimum Gasteiger partial charge on any atom is -0.393 e. The summed E-state index contributed by atoms with van der Waals surface area (Å²) in [5.41, 5.74) is 6.74. The maximum Gasteiger partial charge on any atom is 0.330 e. The van der Waals surface area contributed by atoms with Crippen molar-refractivity contribution in [1.29, 1.82) is 0 Å². The number of aliphatic hydroxyl groups is 1. The van der Waals surface area contributed by atoms with Crippen LogP contribution in [0.3, 0.4) is 0 Å². The molecule has 3 aromatic rings. The SMILES string of the molecule is Cc1cc(C(N)=O)c(F)cc1Nc1ncc2c(n1)n(C13CC4CC(C1)C(O)C(C4)C3)c(=O)n2C. The van der Waals surface area contributed by atoms with Crippen molar-refractivity contribution in [2.24, 2.45) is 30.5 Å². The summed E-state index contributed by atoms with van der Waals surface area (Å²) in [6.45, 7) is 1.73. The number of halogens is 1. The van der Waals surface area contributed by atoms with Crippen molar-refractivity contribution < 1.29 is 14.3 Å². The van der Waals surface area contributed by atoms with E-state index >= 15 is 0 Å². The lowest BCUT2D eigenvalue weighted by Crippen LogP contribution is -2.59. The first-order chi connectivity index (χ1) is 16.2. The van der Waals surface area contributed by atoms with Gasteiger partial charge in [0.05, 0.1) is 23.4 Å². The molecule has 7 rings (SSSR count). The molecular formula is C24H27FN6O3. The summed E-state index contributed by atoms with van der Waals surface area (Å²) in [6, 6.07) is 2.58. The normalized spacial score (nSPS) is 29.6. The van der Waals surface area contributed by atoms with Crippen molar-refractivity contribution in [2.75, 3.05) is 5.32 Å². The van der Waals surface area contributed by atoms with E-state index in [1.165, 1.54) is 12.1 Å². The molecule has 1 amide bonds. The predicted octanol–water partition coefficient (Wildman–Crippen LogP) is 2.32. The van der Waals surface area contributed by atoms with Gasteiger partial charge in [-0.15, -0.1) is 0 Å². The van der Waals surface area contributed by atoms with Crippen molar-refractivity contribution in [3.63, 3.8) is 0 Å². The van der Waals surface area contributed by atoms with Gasteiger partial charge in [0.2, 0.25) is 5.95 Å². The second-order valence-corrected chi connectivity index (χ2v) is 10.4. The number of carbonyl (C=O) groups excluding carboxylic acids is 1. The number of hydrogen-bond acceptors (Lipinski definition) is 6. The Morgan fingerprint density at radius 1 is 1.26 bits per heavy atom. The Morgan fingerprint density at radius 2 is 1.97 bits per heavy atom. The number of imidazole rings is 1. The summed E-state index contributed by atoms with van der Waals surface area (Å²) in [5.74, 6) is -0.406. The van der Waals surface area contributed by atoms with Crippen LogP contribution in [0.4, 0.5) is 16.0 Å². The molecule has 4 aliphatic carbocycles. The maximum atomic E-state index is 14.4. The van der Waals surface area contributed by atoms with E-state index in [4.69, 9.17) is 10.7 Å². The molecule has 1 aromatic carbocycles. The molecule has 4 N–H and O–H groups in total. The van der Waals surface area contributed by atoms with Crippen molar-refractivity contribution in [3.8, 4) is 0 Å². The number of benzene rings is 1. The highest BCUT2D eigenvalue weighted by Gasteiger charge is 2.57. The number of aryl methyl sites for hydroxylation is 2. The van der Waals surface area contributed by atoms with Crippen LogP contribution in [0.15, 0.2) is 23.1 Å². The molecule has 178 valence electrons. The molecule has 2 atom stereocenters. The summed E-state index contributed by atoms with van der Waals surface area (Å²) in [5, 5.41) is 13.7. The van der Waals surface area contributed by atoms with E-state index in [9.17, 15) is 19.1 Å². The molecule has 4 bridgehead atoms. The molecule has 4 fully saturated rings. The quantitative estimate of drug-likeness (QED) is 0.541. The van der Waals surface area contributed by atoms with Gasteiger partial charge in [0.1, 0.15) is 11.3 Å². The Hall–Kier alpha value is -3.27. The third-order valence-corrected chi connectivity index (χ3v) is 8.29. The van der Waals surface area contributed by atoms with E-state index < -0.39 is 11.7 Å². The number of aliphatic hydroxyl groups excluding tert-OH is 1. The van der Waals surface area contributed by atoms with E-state index in [1.54, 1.807) is 24.7 Å². The monoisotopic (exact) mass is 466 g/mol. The smallest absolute Gasteiger partial charge is 0.330 e. The zero-order valence-corrected chi connectivity index (χ0v) is 19.1. The van der Waals surface area contributed by atoms with Gasteiger partial charge in [-0.1, -0.05) is 0 Å². The summed E-state index contributed by atoms with van der Waals surface area (Å²) in [4.78, 5) is 33.9. The average Bonchev–Trinajstić information content (AvgIpc) is 3.03. The maximum absolute atomic E-state index is 14.4. The minimum absolute atomic E-state index is 0.133. The number of fused-ring (bicyclic) bond motifs is 1. The van der Waals surface area contributed by atoms with Crippen LogP contribution >= 0.6 is 0 Å². The van der Waals surface area contributed by atoms with E-state index in [2.05, 4.69) is 10.3 Å². The second kappa shape index (κ2) is 7.11. The highest BCUT2D eigenvalue weighted by atomic mass is 19.1. The minimum atomic E-state index is -0.834. The fourth-order valence-electron chi connectivity index (χ4n) is 6.95. The molecule has 2 heterocycles. The highest BCUT2D eigenvalue weighted by Crippen LogP contribution is 2.58. The number of carbonyl (C=O) groups is 1. The lowest BCUT2D eigenvalue weighted by atomic mass is 9.51. The molecule has 2 unspecified atom stereocenters. The summed E-state index contributed by atoms with van der Waals surface area (Å²) < 4.78 is 17.8. The van der Waals surface area contributed by atoms with Gasteiger partial charge in [-0.2, -0.15) is 4.98 Å². The van der Waals surface area contributed by atoms with Gasteiger partial charge in [-0.25, -0.2) is 14.2 Å². The van der Waals surface area contributed by atoms with Crippen LogP contribution in [0.2, 0.25) is 0 Å². The van der Waals surface area contributed by atoms with Crippen LogP contribution in [0.25, 0.3) is 11.2 Å². The lowest BCUT2D eigenvalue weighted by Gasteiger charge is -2.58. The third-order valence-electron chi connectivity index (χ3n) is 8.29. The largest absolute Gasteiger partial charge is 0.393 e. The fourth-order valence-corrected chi connectivity index (χ4v) is 6.95. The number of aromatic nitrogens is 4. The molecule has 0 radical (unpaired) electrons. The fraction of sp³-hybridized carbons (Fsp3) is 0.500.